The molecule has 0 fully saturated rings. The number of hydrogen-bond acceptors (Lipinski definition) is 2. The Kier molecular flexibility index (Phi) is 8.20. The van der Waals surface area contributed by atoms with E-state index in [4.69, 9.17) is 9.97 Å². The number of aromatic nitrogens is 2. The average Bonchev–Trinajstić information content (AvgIpc) is 3.55. The van der Waals surface area contributed by atoms with Crippen LogP contribution < -0.4 is 0 Å². The zero-order valence-corrected chi connectivity index (χ0v) is 33.0. The molecule has 0 saturated heterocycles. The van der Waals surface area contributed by atoms with Crippen LogP contribution in [0, 0.1) is 0 Å². The highest BCUT2D eigenvalue weighted by Crippen LogP contribution is 2.54. The van der Waals surface area contributed by atoms with E-state index < -0.39 is 0 Å². The van der Waals surface area contributed by atoms with E-state index in [0.29, 0.717) is 0 Å². The largest absolute Gasteiger partial charge is 0.231 e. The molecule has 278 valence electrons. The smallest absolute Gasteiger partial charge is 0.160 e. The monoisotopic (exact) mass is 752 g/mol. The number of fused-ring (bicyclic) bond motifs is 6. The molecule has 0 unspecified atom stereocenters. The molecule has 0 atom stereocenters. The van der Waals surface area contributed by atoms with Crippen molar-refractivity contribution < 1.29 is 0 Å². The van der Waals surface area contributed by atoms with Crippen LogP contribution in [0.1, 0.15) is 25.1 Å². The maximum atomic E-state index is 5.55. The number of hydrogen-bond donors (Lipinski definition) is 0. The molecule has 0 saturated carbocycles. The summed E-state index contributed by atoms with van der Waals surface area (Å²) in [7, 11) is 0. The Morgan fingerprint density at radius 2 is 0.797 bits per heavy atom. The second kappa shape index (κ2) is 13.9. The van der Waals surface area contributed by atoms with Gasteiger partial charge in [-0.25, -0.2) is 9.97 Å². The third kappa shape index (κ3) is 5.96. The summed E-state index contributed by atoms with van der Waals surface area (Å²) in [5.74, 6) is 0.734. The standard InChI is InChI=1S/C57H40N2/c1-57(2)53-49-28-12-10-21-40(49)30-31-51(53)52-54(50-29-15-22-39-20-9-11-27-48(39)50)58-56(59-55(52)57)44-26-14-24-42(33-44)41-23-13-25-43(32-41)47-35-45(37-16-5-3-6-17-37)34-46(36-47)38-18-7-4-8-19-38/h3-36H,1-2H3. The van der Waals surface area contributed by atoms with Gasteiger partial charge in [0.05, 0.1) is 11.4 Å². The zero-order chi connectivity index (χ0) is 39.5. The molecular formula is C57H40N2. The van der Waals surface area contributed by atoms with E-state index in [-0.39, 0.29) is 5.41 Å². The van der Waals surface area contributed by atoms with Crippen molar-refractivity contribution in [3.63, 3.8) is 0 Å². The van der Waals surface area contributed by atoms with Crippen LogP contribution in [-0.4, -0.2) is 9.97 Å². The predicted octanol–water partition coefficient (Wildman–Crippen LogP) is 15.1. The minimum absolute atomic E-state index is 0.346. The van der Waals surface area contributed by atoms with Crippen LogP contribution in [0.25, 0.3) is 99.8 Å². The summed E-state index contributed by atoms with van der Waals surface area (Å²) in [5, 5.41) is 4.89. The van der Waals surface area contributed by atoms with Crippen molar-refractivity contribution in [3.05, 3.63) is 218 Å². The van der Waals surface area contributed by atoms with Gasteiger partial charge in [-0.3, -0.25) is 0 Å². The Labute approximate surface area is 345 Å². The van der Waals surface area contributed by atoms with E-state index in [9.17, 15) is 0 Å². The van der Waals surface area contributed by atoms with E-state index >= 15 is 0 Å². The molecule has 11 rings (SSSR count). The molecule has 0 spiro atoms. The van der Waals surface area contributed by atoms with Crippen LogP contribution in [0.5, 0.6) is 0 Å². The van der Waals surface area contributed by atoms with Crippen molar-refractivity contribution in [2.45, 2.75) is 19.3 Å². The summed E-state index contributed by atoms with van der Waals surface area (Å²) in [6.07, 6.45) is 0. The van der Waals surface area contributed by atoms with Crippen molar-refractivity contribution in [1.29, 1.82) is 0 Å². The molecule has 0 amide bonds. The van der Waals surface area contributed by atoms with Gasteiger partial charge in [0.1, 0.15) is 0 Å². The lowest BCUT2D eigenvalue weighted by atomic mass is 9.82. The Hall–Kier alpha value is -7.42. The summed E-state index contributed by atoms with van der Waals surface area (Å²) < 4.78 is 0. The van der Waals surface area contributed by atoms with Gasteiger partial charge in [0.15, 0.2) is 5.82 Å². The van der Waals surface area contributed by atoms with Gasteiger partial charge < -0.3 is 0 Å². The highest BCUT2D eigenvalue weighted by Gasteiger charge is 2.41. The molecule has 2 nitrogen and oxygen atoms in total. The van der Waals surface area contributed by atoms with Gasteiger partial charge in [0.25, 0.3) is 0 Å². The Bertz CT molecular complexity index is 3170. The van der Waals surface area contributed by atoms with Crippen LogP contribution in [0.2, 0.25) is 0 Å². The van der Waals surface area contributed by atoms with Crippen LogP contribution in [-0.2, 0) is 5.41 Å². The lowest BCUT2D eigenvalue weighted by molar-refractivity contribution is 0.641. The van der Waals surface area contributed by atoms with Crippen molar-refractivity contribution in [2.24, 2.45) is 0 Å². The van der Waals surface area contributed by atoms with Gasteiger partial charge in [-0.15, -0.1) is 0 Å². The first-order valence-electron chi connectivity index (χ1n) is 20.4. The summed E-state index contributed by atoms with van der Waals surface area (Å²) in [4.78, 5) is 11.1. The molecule has 2 heteroatoms. The number of rotatable bonds is 6. The molecule has 1 aliphatic carbocycles. The lowest BCUT2D eigenvalue weighted by Crippen LogP contribution is -2.18. The Balaban J connectivity index is 1.06. The van der Waals surface area contributed by atoms with E-state index in [0.717, 1.165) is 45.0 Å². The summed E-state index contributed by atoms with van der Waals surface area (Å²) >= 11 is 0. The first kappa shape index (κ1) is 34.8. The fourth-order valence-corrected chi connectivity index (χ4v) is 9.30. The van der Waals surface area contributed by atoms with Crippen molar-refractivity contribution in [2.75, 3.05) is 0 Å². The van der Waals surface area contributed by atoms with E-state index in [2.05, 4.69) is 220 Å². The zero-order valence-electron chi connectivity index (χ0n) is 33.0. The molecule has 9 aromatic carbocycles. The minimum atomic E-state index is -0.346. The first-order chi connectivity index (χ1) is 29.0. The average molecular weight is 753 g/mol. The molecule has 59 heavy (non-hydrogen) atoms. The SMILES string of the molecule is CC1(C)c2nc(-c3cccc(-c4cccc(-c5cc(-c6ccccc6)cc(-c6ccccc6)c5)c4)c3)nc(-c3cccc4ccccc34)c2-c2ccc3ccccc3c21. The maximum Gasteiger partial charge on any atom is 0.160 e. The molecule has 0 bridgehead atoms. The molecule has 1 aliphatic rings. The van der Waals surface area contributed by atoms with Crippen LogP contribution in [0.3, 0.4) is 0 Å². The molecular weight excluding hydrogens is 713 g/mol. The van der Waals surface area contributed by atoms with Crippen molar-refractivity contribution in [1.82, 2.24) is 9.97 Å². The molecule has 10 aromatic rings. The van der Waals surface area contributed by atoms with E-state index in [1.807, 2.05) is 0 Å². The van der Waals surface area contributed by atoms with Gasteiger partial charge in [-0.1, -0.05) is 190 Å². The van der Waals surface area contributed by atoms with Gasteiger partial charge in [-0.2, -0.15) is 0 Å². The van der Waals surface area contributed by atoms with Gasteiger partial charge in [0.2, 0.25) is 0 Å². The van der Waals surface area contributed by atoms with Crippen molar-refractivity contribution >= 4 is 21.5 Å². The third-order valence-electron chi connectivity index (χ3n) is 12.2. The summed E-state index contributed by atoms with van der Waals surface area (Å²) in [6, 6.07) is 74.3. The Morgan fingerprint density at radius 1 is 0.339 bits per heavy atom. The number of benzene rings is 9. The fourth-order valence-electron chi connectivity index (χ4n) is 9.30. The highest BCUT2D eigenvalue weighted by molar-refractivity contribution is 6.05. The fraction of sp³-hybridized carbons (Fsp3) is 0.0526. The van der Waals surface area contributed by atoms with E-state index in [1.165, 1.54) is 66.1 Å². The molecule has 0 radical (unpaired) electrons. The second-order valence-electron chi connectivity index (χ2n) is 16.2. The molecule has 1 aromatic heterocycles. The first-order valence-corrected chi connectivity index (χ1v) is 20.4. The predicted molar refractivity (Wildman–Crippen MR) is 247 cm³/mol. The van der Waals surface area contributed by atoms with Crippen molar-refractivity contribution in [3.8, 4) is 78.3 Å². The van der Waals surface area contributed by atoms with E-state index in [1.54, 1.807) is 0 Å². The van der Waals surface area contributed by atoms with Gasteiger partial charge in [0, 0.05) is 22.1 Å². The minimum Gasteiger partial charge on any atom is -0.231 e. The van der Waals surface area contributed by atoms with Crippen LogP contribution >= 0.6 is 0 Å². The molecule has 0 N–H and O–H groups in total. The lowest BCUT2D eigenvalue weighted by Gasteiger charge is -2.23. The Morgan fingerprint density at radius 3 is 1.46 bits per heavy atom. The number of nitrogens with zero attached hydrogens (tertiary/aromatic N) is 2. The normalized spacial score (nSPS) is 12.7. The van der Waals surface area contributed by atoms with Gasteiger partial charge in [-0.05, 0) is 108 Å². The third-order valence-corrected chi connectivity index (χ3v) is 12.2. The second-order valence-corrected chi connectivity index (χ2v) is 16.2. The topological polar surface area (TPSA) is 25.8 Å². The highest BCUT2D eigenvalue weighted by atomic mass is 14.9. The maximum absolute atomic E-state index is 5.55. The van der Waals surface area contributed by atoms with Crippen LogP contribution in [0.4, 0.5) is 0 Å². The molecule has 1 heterocycles. The van der Waals surface area contributed by atoms with Gasteiger partial charge >= 0.3 is 0 Å². The molecule has 0 aliphatic heterocycles. The quantitative estimate of drug-likeness (QED) is 0.169. The van der Waals surface area contributed by atoms with Crippen LogP contribution in [0.15, 0.2) is 206 Å². The summed E-state index contributed by atoms with van der Waals surface area (Å²) in [6.45, 7) is 4.65. The summed E-state index contributed by atoms with van der Waals surface area (Å²) in [5.41, 5.74) is 16.9.